The summed E-state index contributed by atoms with van der Waals surface area (Å²) in [5.41, 5.74) is 1.66. The number of carbonyl (C=O) groups excluding carboxylic acids is 1. The van der Waals surface area contributed by atoms with Crippen LogP contribution >= 0.6 is 0 Å². The van der Waals surface area contributed by atoms with Gasteiger partial charge in [0.25, 0.3) is 5.69 Å². The summed E-state index contributed by atoms with van der Waals surface area (Å²) in [4.78, 5) is 24.1. The minimum absolute atomic E-state index is 0.0145. The fraction of sp³-hybridized carbons (Fsp3) is 0.350. The van der Waals surface area contributed by atoms with Crippen molar-refractivity contribution in [3.05, 3.63) is 70.3 Å². The highest BCUT2D eigenvalue weighted by Crippen LogP contribution is 2.17. The molecule has 0 aliphatic carbocycles. The van der Waals surface area contributed by atoms with Crippen LogP contribution in [0.4, 0.5) is 16.2 Å². The van der Waals surface area contributed by atoms with Gasteiger partial charge in [-0.2, -0.15) is 0 Å². The first-order valence-electron chi connectivity index (χ1n) is 9.34. The first kappa shape index (κ1) is 19.8. The number of non-ortho nitro benzene ring substituents is 1. The third-order valence-electron chi connectivity index (χ3n) is 4.93. The van der Waals surface area contributed by atoms with E-state index < -0.39 is 4.92 Å². The Morgan fingerprint density at radius 3 is 2.36 bits per heavy atom. The number of anilines is 1. The quantitative estimate of drug-likeness (QED) is 0.521. The predicted octanol–water partition coefficient (Wildman–Crippen LogP) is 1.76. The second-order valence-electron chi connectivity index (χ2n) is 6.85. The molecule has 148 valence electrons. The van der Waals surface area contributed by atoms with Crippen LogP contribution in [0.2, 0.25) is 0 Å². The van der Waals surface area contributed by atoms with Crippen molar-refractivity contribution >= 4 is 17.4 Å². The smallest absolute Gasteiger partial charge is 0.319 e. The lowest BCUT2D eigenvalue weighted by Gasteiger charge is -2.35. The topological polar surface area (TPSA) is 97.9 Å². The molecule has 1 aliphatic rings. The molecule has 1 heterocycles. The number of hydrogen-bond acceptors (Lipinski definition) is 4. The van der Waals surface area contributed by atoms with Crippen LogP contribution in [0.5, 0.6) is 0 Å². The summed E-state index contributed by atoms with van der Waals surface area (Å²) < 4.78 is 5.48. The molecule has 0 spiro atoms. The van der Waals surface area contributed by atoms with Crippen LogP contribution in [0, 0.1) is 10.1 Å². The molecule has 3 N–H and O–H groups in total. The maximum absolute atomic E-state index is 12.5. The number of carbonyl (C=O) groups is 1. The molecule has 3 rings (SSSR count). The minimum atomic E-state index is -0.471. The number of ether oxygens (including phenoxy) is 1. The molecule has 8 heteroatoms. The summed E-state index contributed by atoms with van der Waals surface area (Å²) in [6.45, 7) is 5.18. The molecule has 0 saturated carbocycles. The molecule has 0 bridgehead atoms. The monoisotopic (exact) mass is 385 g/mol. The summed E-state index contributed by atoms with van der Waals surface area (Å²) in [5, 5.41) is 16.5. The molecule has 0 radical (unpaired) electrons. The zero-order chi connectivity index (χ0) is 19.9. The van der Waals surface area contributed by atoms with Crippen LogP contribution < -0.4 is 15.5 Å². The van der Waals surface area contributed by atoms with Gasteiger partial charge in [0.2, 0.25) is 0 Å². The fourth-order valence-corrected chi connectivity index (χ4v) is 3.61. The number of urea groups is 1. The molecule has 1 aliphatic heterocycles. The molecule has 2 amide bonds. The Balaban J connectivity index is 1.67. The van der Waals surface area contributed by atoms with Crippen molar-refractivity contribution in [3.63, 3.8) is 0 Å². The first-order chi connectivity index (χ1) is 13.5. The second kappa shape index (κ2) is 9.29. The van der Waals surface area contributed by atoms with Gasteiger partial charge < -0.3 is 20.3 Å². The van der Waals surface area contributed by atoms with Gasteiger partial charge in [0.05, 0.1) is 24.2 Å². The van der Waals surface area contributed by atoms with Gasteiger partial charge in [0.1, 0.15) is 19.1 Å². The number of hydrogen-bond donors (Lipinski definition) is 3. The van der Waals surface area contributed by atoms with E-state index >= 15 is 0 Å². The molecule has 2 aromatic carbocycles. The molecule has 1 fully saturated rings. The van der Waals surface area contributed by atoms with Crippen molar-refractivity contribution in [2.75, 3.05) is 31.6 Å². The van der Waals surface area contributed by atoms with E-state index in [0.29, 0.717) is 18.9 Å². The lowest BCUT2D eigenvalue weighted by Crippen LogP contribution is -3.15. The SMILES string of the molecule is C[C@H](NC(=O)Nc1ccc([N+](=O)[O-])cc1)[C@@H](c1ccccc1)[NH+]1CCOCC1. The van der Waals surface area contributed by atoms with Crippen molar-refractivity contribution in [2.45, 2.75) is 19.0 Å². The molecule has 2 atom stereocenters. The van der Waals surface area contributed by atoms with Crippen LogP contribution in [0.25, 0.3) is 0 Å². The average Bonchev–Trinajstić information content (AvgIpc) is 2.70. The third-order valence-corrected chi connectivity index (χ3v) is 4.93. The van der Waals surface area contributed by atoms with E-state index in [0.717, 1.165) is 13.1 Å². The van der Waals surface area contributed by atoms with Crippen LogP contribution in [0.3, 0.4) is 0 Å². The highest BCUT2D eigenvalue weighted by molar-refractivity contribution is 5.89. The van der Waals surface area contributed by atoms with Gasteiger partial charge in [-0.15, -0.1) is 0 Å². The van der Waals surface area contributed by atoms with Crippen molar-refractivity contribution in [1.29, 1.82) is 0 Å². The molecule has 0 aromatic heterocycles. The lowest BCUT2D eigenvalue weighted by molar-refractivity contribution is -0.940. The first-order valence-corrected chi connectivity index (χ1v) is 9.34. The summed E-state index contributed by atoms with van der Waals surface area (Å²) >= 11 is 0. The molecular weight excluding hydrogens is 360 g/mol. The number of rotatable bonds is 6. The normalized spacial score (nSPS) is 16.8. The van der Waals surface area contributed by atoms with E-state index in [4.69, 9.17) is 4.74 Å². The number of nitrogens with one attached hydrogen (secondary N) is 3. The minimum Gasteiger partial charge on any atom is -0.370 e. The maximum Gasteiger partial charge on any atom is 0.319 e. The van der Waals surface area contributed by atoms with Crippen LogP contribution in [0.1, 0.15) is 18.5 Å². The largest absolute Gasteiger partial charge is 0.370 e. The van der Waals surface area contributed by atoms with Crippen LogP contribution in [-0.4, -0.2) is 43.3 Å². The van der Waals surface area contributed by atoms with Crippen molar-refractivity contribution in [2.24, 2.45) is 0 Å². The molecule has 8 nitrogen and oxygen atoms in total. The Hall–Kier alpha value is -2.97. The van der Waals surface area contributed by atoms with E-state index in [9.17, 15) is 14.9 Å². The number of benzene rings is 2. The van der Waals surface area contributed by atoms with Gasteiger partial charge in [-0.25, -0.2) is 4.79 Å². The van der Waals surface area contributed by atoms with Gasteiger partial charge in [0.15, 0.2) is 0 Å². The Kier molecular flexibility index (Phi) is 6.57. The van der Waals surface area contributed by atoms with Crippen molar-refractivity contribution < 1.29 is 19.4 Å². The predicted molar refractivity (Wildman–Crippen MR) is 105 cm³/mol. The summed E-state index contributed by atoms with van der Waals surface area (Å²) in [6.07, 6.45) is 0. The molecule has 2 aromatic rings. The highest BCUT2D eigenvalue weighted by Gasteiger charge is 2.32. The van der Waals surface area contributed by atoms with Gasteiger partial charge in [-0.3, -0.25) is 10.1 Å². The van der Waals surface area contributed by atoms with Crippen molar-refractivity contribution in [1.82, 2.24) is 5.32 Å². The lowest BCUT2D eigenvalue weighted by atomic mass is 9.98. The maximum atomic E-state index is 12.5. The summed E-state index contributed by atoms with van der Waals surface area (Å²) in [7, 11) is 0. The number of morpholine rings is 1. The van der Waals surface area contributed by atoms with E-state index in [1.165, 1.54) is 34.7 Å². The Morgan fingerprint density at radius 2 is 1.75 bits per heavy atom. The van der Waals surface area contributed by atoms with E-state index in [-0.39, 0.29) is 23.8 Å². The number of quaternary nitrogens is 1. The van der Waals surface area contributed by atoms with E-state index in [1.54, 1.807) is 0 Å². The van der Waals surface area contributed by atoms with E-state index in [1.807, 2.05) is 25.1 Å². The molecule has 28 heavy (non-hydrogen) atoms. The molecule has 1 saturated heterocycles. The van der Waals surface area contributed by atoms with Gasteiger partial charge in [-0.1, -0.05) is 30.3 Å². The Morgan fingerprint density at radius 1 is 1.11 bits per heavy atom. The Bertz CT molecular complexity index is 792. The molecule has 0 unspecified atom stereocenters. The zero-order valence-corrected chi connectivity index (χ0v) is 15.8. The van der Waals surface area contributed by atoms with Crippen LogP contribution in [0.15, 0.2) is 54.6 Å². The fourth-order valence-electron chi connectivity index (χ4n) is 3.61. The third kappa shape index (κ3) is 5.05. The number of nitro groups is 1. The zero-order valence-electron chi connectivity index (χ0n) is 15.8. The standard InChI is InChI=1S/C20H24N4O4/c1-15(21-20(25)22-17-7-9-18(10-8-17)24(26)27)19(16-5-3-2-4-6-16)23-11-13-28-14-12-23/h2-10,15,19H,11-14H2,1H3,(H2,21,22,25)/p+1/t15-,19-/m0/s1. The summed E-state index contributed by atoms with van der Waals surface area (Å²) in [5.74, 6) is 0. The van der Waals surface area contributed by atoms with Gasteiger partial charge in [-0.05, 0) is 19.1 Å². The number of nitrogens with zero attached hydrogens (tertiary/aromatic N) is 1. The second-order valence-corrected chi connectivity index (χ2v) is 6.85. The number of amides is 2. The van der Waals surface area contributed by atoms with E-state index in [2.05, 4.69) is 22.8 Å². The summed E-state index contributed by atoms with van der Waals surface area (Å²) in [6, 6.07) is 15.6. The Labute approximate surface area is 163 Å². The van der Waals surface area contributed by atoms with Gasteiger partial charge in [0, 0.05) is 23.4 Å². The van der Waals surface area contributed by atoms with Crippen molar-refractivity contribution in [3.8, 4) is 0 Å². The van der Waals surface area contributed by atoms with Gasteiger partial charge >= 0.3 is 6.03 Å². The number of nitro benzene ring substituents is 1. The average molecular weight is 385 g/mol. The molecular formula is C20H25N4O4+. The van der Waals surface area contributed by atoms with Crippen LogP contribution in [-0.2, 0) is 4.74 Å². The highest BCUT2D eigenvalue weighted by atomic mass is 16.6.